The summed E-state index contributed by atoms with van der Waals surface area (Å²) < 4.78 is 4.91. The summed E-state index contributed by atoms with van der Waals surface area (Å²) >= 11 is 0. The van der Waals surface area contributed by atoms with Gasteiger partial charge in [-0.15, -0.1) is 0 Å². The first-order chi connectivity index (χ1) is 6.41. The first-order valence-electron chi connectivity index (χ1n) is 5.61. The van der Waals surface area contributed by atoms with E-state index in [1.807, 2.05) is 13.8 Å². The molecule has 0 aromatic carbocycles. The molecule has 1 N–H and O–H groups in total. The van der Waals surface area contributed by atoms with Crippen molar-refractivity contribution in [2.24, 2.45) is 0 Å². The monoisotopic (exact) mass is 189 g/mol. The van der Waals surface area contributed by atoms with Crippen LogP contribution in [0.4, 0.5) is 0 Å². The maximum Gasteiger partial charge on any atom is 0.0587 e. The number of rotatable bonds is 8. The van der Waals surface area contributed by atoms with Gasteiger partial charge in [-0.3, -0.25) is 0 Å². The van der Waals surface area contributed by atoms with Crippen molar-refractivity contribution in [1.82, 2.24) is 5.32 Å². The number of nitrogens with one attached hydrogen (secondary N) is 1. The van der Waals surface area contributed by atoms with Crippen LogP contribution in [0.1, 0.15) is 46.5 Å². The highest BCUT2D eigenvalue weighted by atomic mass is 16.5. The molecule has 0 rings (SSSR count). The normalized spacial score (nSPS) is 9.23. The second kappa shape index (κ2) is 17.9. The van der Waals surface area contributed by atoms with Gasteiger partial charge in [0.2, 0.25) is 0 Å². The van der Waals surface area contributed by atoms with Crippen molar-refractivity contribution in [1.29, 1.82) is 0 Å². The van der Waals surface area contributed by atoms with Gasteiger partial charge in [-0.05, 0) is 13.0 Å². The molecule has 2 heteroatoms. The SMILES string of the molecule is CC.CCCCCCNCCOC. The molecule has 0 amide bonds. The molecule has 0 atom stereocenters. The highest BCUT2D eigenvalue weighted by Crippen LogP contribution is 1.96. The van der Waals surface area contributed by atoms with Crippen LogP contribution in [0.2, 0.25) is 0 Å². The molecule has 0 saturated heterocycles. The van der Waals surface area contributed by atoms with Gasteiger partial charge in [-0.2, -0.15) is 0 Å². The van der Waals surface area contributed by atoms with E-state index < -0.39 is 0 Å². The van der Waals surface area contributed by atoms with Crippen LogP contribution < -0.4 is 5.32 Å². The average molecular weight is 189 g/mol. The number of ether oxygens (including phenoxy) is 1. The fraction of sp³-hybridized carbons (Fsp3) is 1.00. The van der Waals surface area contributed by atoms with Crippen LogP contribution in [0.15, 0.2) is 0 Å². The minimum atomic E-state index is 0.827. The highest BCUT2D eigenvalue weighted by molar-refractivity contribution is 4.47. The molecular formula is C11H27NO. The van der Waals surface area contributed by atoms with Gasteiger partial charge in [0.05, 0.1) is 6.61 Å². The Bertz CT molecular complexity index is 59.1. The lowest BCUT2D eigenvalue weighted by Gasteiger charge is -2.02. The topological polar surface area (TPSA) is 21.3 Å². The molecule has 0 bridgehead atoms. The zero-order chi connectivity index (χ0) is 10.4. The van der Waals surface area contributed by atoms with Crippen molar-refractivity contribution >= 4 is 0 Å². The number of unbranched alkanes of at least 4 members (excludes halogenated alkanes) is 3. The summed E-state index contributed by atoms with van der Waals surface area (Å²) in [5, 5.41) is 3.32. The van der Waals surface area contributed by atoms with Gasteiger partial charge in [0.25, 0.3) is 0 Å². The van der Waals surface area contributed by atoms with Crippen LogP contribution in [0, 0.1) is 0 Å². The molecule has 0 aromatic heterocycles. The molecule has 13 heavy (non-hydrogen) atoms. The summed E-state index contributed by atoms with van der Waals surface area (Å²) in [6, 6.07) is 0. The van der Waals surface area contributed by atoms with Crippen LogP contribution in [0.5, 0.6) is 0 Å². The van der Waals surface area contributed by atoms with Gasteiger partial charge in [0, 0.05) is 13.7 Å². The zero-order valence-electron chi connectivity index (χ0n) is 9.86. The lowest BCUT2D eigenvalue weighted by Crippen LogP contribution is -2.20. The average Bonchev–Trinajstić information content (AvgIpc) is 2.20. The zero-order valence-corrected chi connectivity index (χ0v) is 9.86. The first kappa shape index (κ1) is 15.4. The van der Waals surface area contributed by atoms with Crippen LogP contribution in [0.3, 0.4) is 0 Å². The Morgan fingerprint density at radius 2 is 1.69 bits per heavy atom. The smallest absolute Gasteiger partial charge is 0.0587 e. The Labute approximate surface area is 84.1 Å². The molecule has 0 unspecified atom stereocenters. The first-order valence-corrected chi connectivity index (χ1v) is 5.61. The van der Waals surface area contributed by atoms with Gasteiger partial charge >= 0.3 is 0 Å². The third-order valence-corrected chi connectivity index (χ3v) is 1.69. The minimum Gasteiger partial charge on any atom is -0.383 e. The van der Waals surface area contributed by atoms with Crippen LogP contribution in [0.25, 0.3) is 0 Å². The number of hydrogen-bond acceptors (Lipinski definition) is 2. The highest BCUT2D eigenvalue weighted by Gasteiger charge is 1.87. The van der Waals surface area contributed by atoms with E-state index in [0.717, 1.165) is 19.7 Å². The minimum absolute atomic E-state index is 0.827. The fourth-order valence-corrected chi connectivity index (χ4v) is 0.976. The lowest BCUT2D eigenvalue weighted by molar-refractivity contribution is 0.199. The van der Waals surface area contributed by atoms with E-state index in [0.29, 0.717) is 0 Å². The summed E-state index contributed by atoms with van der Waals surface area (Å²) in [6.07, 6.45) is 5.35. The molecule has 0 aliphatic carbocycles. The van der Waals surface area contributed by atoms with Crippen molar-refractivity contribution in [3.8, 4) is 0 Å². The standard InChI is InChI=1S/C9H21NO.C2H6/c1-3-4-5-6-7-10-8-9-11-2;1-2/h10H,3-9H2,1-2H3;1-2H3. The Hall–Kier alpha value is -0.0800. The molecule has 82 valence electrons. The molecule has 0 spiro atoms. The third-order valence-electron chi connectivity index (χ3n) is 1.69. The second-order valence-corrected chi connectivity index (χ2v) is 2.80. The van der Waals surface area contributed by atoms with Crippen LogP contribution in [-0.2, 0) is 4.74 Å². The van der Waals surface area contributed by atoms with Crippen molar-refractivity contribution < 1.29 is 4.74 Å². The molecule has 0 aliphatic heterocycles. The predicted octanol–water partition coefficient (Wildman–Crippen LogP) is 2.83. The van der Waals surface area contributed by atoms with Crippen LogP contribution >= 0.6 is 0 Å². The van der Waals surface area contributed by atoms with Gasteiger partial charge in [0.1, 0.15) is 0 Å². The Balaban J connectivity index is 0. The van der Waals surface area contributed by atoms with E-state index in [1.165, 1.54) is 25.7 Å². The number of methoxy groups -OCH3 is 1. The summed E-state index contributed by atoms with van der Waals surface area (Å²) in [4.78, 5) is 0. The summed E-state index contributed by atoms with van der Waals surface area (Å²) in [5.74, 6) is 0. The third kappa shape index (κ3) is 18.7. The van der Waals surface area contributed by atoms with Gasteiger partial charge in [-0.25, -0.2) is 0 Å². The molecule has 0 fully saturated rings. The second-order valence-electron chi connectivity index (χ2n) is 2.80. The molecule has 2 nitrogen and oxygen atoms in total. The number of hydrogen-bond donors (Lipinski definition) is 1. The molecule has 0 saturated carbocycles. The quantitative estimate of drug-likeness (QED) is 0.593. The van der Waals surface area contributed by atoms with Gasteiger partial charge in [0.15, 0.2) is 0 Å². The van der Waals surface area contributed by atoms with Crippen molar-refractivity contribution in [2.45, 2.75) is 46.5 Å². The maximum absolute atomic E-state index is 4.91. The largest absolute Gasteiger partial charge is 0.383 e. The van der Waals surface area contributed by atoms with E-state index in [9.17, 15) is 0 Å². The Kier molecular flexibility index (Phi) is 21.2. The van der Waals surface area contributed by atoms with Gasteiger partial charge < -0.3 is 10.1 Å². The molecule has 0 heterocycles. The van der Waals surface area contributed by atoms with Crippen molar-refractivity contribution in [3.63, 3.8) is 0 Å². The van der Waals surface area contributed by atoms with E-state index in [2.05, 4.69) is 12.2 Å². The van der Waals surface area contributed by atoms with Crippen molar-refractivity contribution in [3.05, 3.63) is 0 Å². The van der Waals surface area contributed by atoms with Gasteiger partial charge in [-0.1, -0.05) is 40.0 Å². The Morgan fingerprint density at radius 3 is 2.23 bits per heavy atom. The summed E-state index contributed by atoms with van der Waals surface area (Å²) in [7, 11) is 1.73. The van der Waals surface area contributed by atoms with E-state index in [1.54, 1.807) is 7.11 Å². The molecule has 0 radical (unpaired) electrons. The lowest BCUT2D eigenvalue weighted by atomic mass is 10.2. The fourth-order valence-electron chi connectivity index (χ4n) is 0.976. The Morgan fingerprint density at radius 1 is 1.00 bits per heavy atom. The maximum atomic E-state index is 4.91. The molecule has 0 aromatic rings. The summed E-state index contributed by atoms with van der Waals surface area (Å²) in [5.41, 5.74) is 0. The predicted molar refractivity (Wildman–Crippen MR) is 60.2 cm³/mol. The summed E-state index contributed by atoms with van der Waals surface area (Å²) in [6.45, 7) is 9.19. The molecular weight excluding hydrogens is 162 g/mol. The van der Waals surface area contributed by atoms with E-state index in [-0.39, 0.29) is 0 Å². The van der Waals surface area contributed by atoms with E-state index >= 15 is 0 Å². The molecule has 0 aliphatic rings. The van der Waals surface area contributed by atoms with E-state index in [4.69, 9.17) is 4.74 Å². The van der Waals surface area contributed by atoms with Crippen LogP contribution in [-0.4, -0.2) is 26.8 Å². The van der Waals surface area contributed by atoms with Crippen molar-refractivity contribution in [2.75, 3.05) is 26.8 Å².